The Morgan fingerprint density at radius 3 is 2.68 bits per heavy atom. The van der Waals surface area contributed by atoms with Crippen molar-refractivity contribution >= 4 is 5.69 Å². The molecule has 1 aromatic rings. The number of hydrogen-bond donors (Lipinski definition) is 0. The molecule has 0 spiro atoms. The van der Waals surface area contributed by atoms with E-state index >= 15 is 0 Å². The second kappa shape index (κ2) is 8.94. The van der Waals surface area contributed by atoms with E-state index in [4.69, 9.17) is 4.74 Å². The van der Waals surface area contributed by atoms with E-state index in [1.165, 1.54) is 4.68 Å². The molecule has 0 bridgehead atoms. The minimum absolute atomic E-state index is 0.0690. The van der Waals surface area contributed by atoms with E-state index in [1.807, 2.05) is 0 Å². The van der Waals surface area contributed by atoms with Crippen LogP contribution in [0.2, 0.25) is 0 Å². The van der Waals surface area contributed by atoms with Crippen molar-refractivity contribution in [3.63, 3.8) is 0 Å². The van der Waals surface area contributed by atoms with Crippen molar-refractivity contribution in [3.8, 4) is 0 Å². The highest BCUT2D eigenvalue weighted by molar-refractivity contribution is 5.33. The number of rotatable bonds is 8. The fourth-order valence-electron chi connectivity index (χ4n) is 3.97. The van der Waals surface area contributed by atoms with Crippen LogP contribution in [0, 0.1) is 21.4 Å². The van der Waals surface area contributed by atoms with E-state index in [2.05, 4.69) is 36.3 Å². The third-order valence-electron chi connectivity index (χ3n) is 5.84. The van der Waals surface area contributed by atoms with Gasteiger partial charge in [0.05, 0.1) is 11.0 Å². The summed E-state index contributed by atoms with van der Waals surface area (Å²) >= 11 is 0. The van der Waals surface area contributed by atoms with Gasteiger partial charge in [-0.15, -0.1) is 0 Å². The van der Waals surface area contributed by atoms with E-state index in [0.29, 0.717) is 12.5 Å². The summed E-state index contributed by atoms with van der Waals surface area (Å²) in [6.07, 6.45) is 12.1. The fourth-order valence-corrected chi connectivity index (χ4v) is 3.97. The van der Waals surface area contributed by atoms with Gasteiger partial charge in [-0.05, 0) is 49.9 Å². The molecule has 0 N–H and O–H groups in total. The van der Waals surface area contributed by atoms with Crippen LogP contribution in [0.25, 0.3) is 0 Å². The van der Waals surface area contributed by atoms with Gasteiger partial charge >= 0.3 is 5.69 Å². The van der Waals surface area contributed by atoms with E-state index in [9.17, 15) is 18.9 Å². The summed E-state index contributed by atoms with van der Waals surface area (Å²) in [6.45, 7) is 3.65. The number of aromatic nitrogens is 2. The first-order valence-corrected chi connectivity index (χ1v) is 9.82. The molecule has 0 saturated heterocycles. The molecule has 0 aliphatic heterocycles. The standard InChI is InChI=1S/C20H27F2N3O3/c1-20(9-3-2-4-10-20)11-12-28-14-15-5-7-16(8-6-15)24-13-17(25(26)27)18(23-24)19(21)22/h2-4,9,13,15-16,19H,5-8,10-12,14H2,1H3. The number of hydrogen-bond acceptors (Lipinski definition) is 4. The average Bonchev–Trinajstić information content (AvgIpc) is 3.12. The van der Waals surface area contributed by atoms with E-state index in [1.54, 1.807) is 0 Å². The second-order valence-corrected chi connectivity index (χ2v) is 8.08. The van der Waals surface area contributed by atoms with Crippen LogP contribution in [0.5, 0.6) is 0 Å². The zero-order chi connectivity index (χ0) is 20.1. The minimum atomic E-state index is -2.94. The van der Waals surface area contributed by atoms with Crippen LogP contribution in [0.15, 0.2) is 30.5 Å². The maximum Gasteiger partial charge on any atom is 0.316 e. The largest absolute Gasteiger partial charge is 0.381 e. The summed E-state index contributed by atoms with van der Waals surface area (Å²) in [7, 11) is 0. The molecule has 8 heteroatoms. The molecule has 2 aliphatic rings. The lowest BCUT2D eigenvalue weighted by Gasteiger charge is -2.29. The Balaban J connectivity index is 1.43. The number of nitro groups is 1. The van der Waals surface area contributed by atoms with Crippen molar-refractivity contribution in [1.82, 2.24) is 9.78 Å². The molecular formula is C20H27F2N3O3. The van der Waals surface area contributed by atoms with Crippen LogP contribution in [-0.4, -0.2) is 27.9 Å². The average molecular weight is 395 g/mol. The predicted molar refractivity (Wildman–Crippen MR) is 101 cm³/mol. The number of allylic oxidation sites excluding steroid dienone is 4. The number of ether oxygens (including phenoxy) is 1. The Labute approximate surface area is 163 Å². The molecule has 0 amide bonds. The van der Waals surface area contributed by atoms with E-state index in [0.717, 1.165) is 51.3 Å². The van der Waals surface area contributed by atoms with Crippen molar-refractivity contribution < 1.29 is 18.4 Å². The molecule has 6 nitrogen and oxygen atoms in total. The van der Waals surface area contributed by atoms with Gasteiger partial charge in [0.25, 0.3) is 6.43 Å². The molecule has 0 aromatic carbocycles. The van der Waals surface area contributed by atoms with Crippen molar-refractivity contribution in [2.24, 2.45) is 11.3 Å². The summed E-state index contributed by atoms with van der Waals surface area (Å²) in [4.78, 5) is 10.2. The Morgan fingerprint density at radius 1 is 1.36 bits per heavy atom. The van der Waals surface area contributed by atoms with Crippen LogP contribution in [-0.2, 0) is 4.74 Å². The molecule has 154 valence electrons. The fraction of sp³-hybridized carbons (Fsp3) is 0.650. The lowest BCUT2D eigenvalue weighted by atomic mass is 9.81. The Bertz CT molecular complexity index is 739. The summed E-state index contributed by atoms with van der Waals surface area (Å²) in [5.74, 6) is 0.436. The Hall–Kier alpha value is -2.09. The molecule has 28 heavy (non-hydrogen) atoms. The maximum absolute atomic E-state index is 13.0. The van der Waals surface area contributed by atoms with Crippen molar-refractivity contribution in [1.29, 1.82) is 0 Å². The van der Waals surface area contributed by atoms with Crippen molar-refractivity contribution in [3.05, 3.63) is 46.3 Å². The van der Waals surface area contributed by atoms with E-state index < -0.39 is 22.7 Å². The monoisotopic (exact) mass is 395 g/mol. The first-order valence-electron chi connectivity index (χ1n) is 9.82. The molecule has 2 aliphatic carbocycles. The van der Waals surface area contributed by atoms with Gasteiger partial charge in [-0.2, -0.15) is 5.10 Å². The lowest BCUT2D eigenvalue weighted by molar-refractivity contribution is -0.386. The van der Waals surface area contributed by atoms with Gasteiger partial charge in [-0.3, -0.25) is 14.8 Å². The van der Waals surface area contributed by atoms with Gasteiger partial charge in [0.1, 0.15) is 6.20 Å². The Kier molecular flexibility index (Phi) is 6.59. The van der Waals surface area contributed by atoms with Gasteiger partial charge in [0.2, 0.25) is 5.69 Å². The molecule has 1 aromatic heterocycles. The topological polar surface area (TPSA) is 70.2 Å². The zero-order valence-electron chi connectivity index (χ0n) is 16.1. The summed E-state index contributed by atoms with van der Waals surface area (Å²) < 4.78 is 33.2. The zero-order valence-corrected chi connectivity index (χ0v) is 16.1. The first-order chi connectivity index (χ1) is 13.4. The highest BCUT2D eigenvalue weighted by atomic mass is 19.3. The summed E-state index contributed by atoms with van der Waals surface area (Å²) in [6, 6.07) is -0.0690. The first kappa shape index (κ1) is 20.6. The third-order valence-corrected chi connectivity index (χ3v) is 5.84. The molecule has 3 rings (SSSR count). The second-order valence-electron chi connectivity index (χ2n) is 8.08. The molecule has 1 saturated carbocycles. The minimum Gasteiger partial charge on any atom is -0.381 e. The molecule has 1 heterocycles. The third kappa shape index (κ3) is 5.04. The number of nitrogens with zero attached hydrogens (tertiary/aromatic N) is 3. The number of alkyl halides is 2. The van der Waals surface area contributed by atoms with Gasteiger partial charge in [-0.25, -0.2) is 8.78 Å². The molecule has 1 fully saturated rings. The molecular weight excluding hydrogens is 368 g/mol. The lowest BCUT2D eigenvalue weighted by Crippen LogP contribution is -2.23. The summed E-state index contributed by atoms with van der Waals surface area (Å²) in [5.41, 5.74) is -1.17. The molecule has 1 atom stereocenters. The van der Waals surface area contributed by atoms with Crippen LogP contribution in [0.4, 0.5) is 14.5 Å². The smallest absolute Gasteiger partial charge is 0.316 e. The number of halogens is 2. The van der Waals surface area contributed by atoms with Crippen LogP contribution in [0.3, 0.4) is 0 Å². The predicted octanol–water partition coefficient (Wildman–Crippen LogP) is 5.39. The van der Waals surface area contributed by atoms with E-state index in [-0.39, 0.29) is 11.5 Å². The SMILES string of the molecule is CC1(CCOCC2CCC(n3cc([N+](=O)[O-])c(C(F)F)n3)CC2)C=CC=CC1. The maximum atomic E-state index is 13.0. The van der Waals surface area contributed by atoms with Crippen molar-refractivity contribution in [2.75, 3.05) is 13.2 Å². The molecule has 0 radical (unpaired) electrons. The highest BCUT2D eigenvalue weighted by Crippen LogP contribution is 2.36. The van der Waals surface area contributed by atoms with Crippen molar-refractivity contribution in [2.45, 2.75) is 57.9 Å². The Morgan fingerprint density at radius 2 is 2.11 bits per heavy atom. The quantitative estimate of drug-likeness (QED) is 0.336. The van der Waals surface area contributed by atoms with Crippen LogP contribution in [0.1, 0.15) is 63.6 Å². The van der Waals surface area contributed by atoms with Crippen LogP contribution >= 0.6 is 0 Å². The summed E-state index contributed by atoms with van der Waals surface area (Å²) in [5, 5.41) is 14.7. The van der Waals surface area contributed by atoms with Crippen LogP contribution < -0.4 is 0 Å². The van der Waals surface area contributed by atoms with Gasteiger partial charge in [0.15, 0.2) is 0 Å². The van der Waals surface area contributed by atoms with Gasteiger partial charge in [-0.1, -0.05) is 31.2 Å². The van der Waals surface area contributed by atoms with Gasteiger partial charge in [0, 0.05) is 13.2 Å². The molecule has 1 unspecified atom stereocenters. The highest BCUT2D eigenvalue weighted by Gasteiger charge is 2.30. The van der Waals surface area contributed by atoms with Gasteiger partial charge < -0.3 is 4.74 Å². The normalized spacial score (nSPS) is 27.4.